The van der Waals surface area contributed by atoms with E-state index in [1.165, 1.54) is 30.5 Å². The van der Waals surface area contributed by atoms with Crippen molar-refractivity contribution < 1.29 is 14.7 Å². The second kappa shape index (κ2) is 6.43. The lowest BCUT2D eigenvalue weighted by Gasteiger charge is -2.10. The molecule has 0 saturated carbocycles. The highest BCUT2D eigenvalue weighted by Crippen LogP contribution is 2.26. The molecule has 0 aliphatic heterocycles. The van der Waals surface area contributed by atoms with Crippen LogP contribution in [-0.4, -0.2) is 22.0 Å². The Hall–Kier alpha value is -1.63. The van der Waals surface area contributed by atoms with Crippen molar-refractivity contribution in [3.8, 4) is 0 Å². The SMILES string of the molecule is O=C(Nc1cccc(Cl)c1C(=O)O)c1cc(Br)cnc1Cl. The average Bonchev–Trinajstić information content (AvgIpc) is 2.41. The summed E-state index contributed by atoms with van der Waals surface area (Å²) in [6.07, 6.45) is 1.45. The standard InChI is InChI=1S/C13H7BrCl2N2O3/c14-6-4-7(11(16)17-5-6)12(19)18-9-3-1-2-8(15)10(9)13(20)21/h1-5H,(H,18,19)(H,20,21). The first-order valence-electron chi connectivity index (χ1n) is 5.54. The first kappa shape index (κ1) is 15.8. The van der Waals surface area contributed by atoms with E-state index in [0.29, 0.717) is 4.47 Å². The number of pyridine rings is 1. The molecule has 8 heteroatoms. The van der Waals surface area contributed by atoms with Crippen molar-refractivity contribution in [2.75, 3.05) is 5.32 Å². The van der Waals surface area contributed by atoms with Gasteiger partial charge in [-0.2, -0.15) is 0 Å². The number of amides is 1. The van der Waals surface area contributed by atoms with E-state index in [2.05, 4.69) is 26.2 Å². The normalized spacial score (nSPS) is 10.2. The van der Waals surface area contributed by atoms with E-state index in [1.807, 2.05) is 0 Å². The second-order valence-corrected chi connectivity index (χ2v) is 5.59. The molecule has 0 aliphatic rings. The van der Waals surface area contributed by atoms with Gasteiger partial charge in [-0.05, 0) is 34.1 Å². The van der Waals surface area contributed by atoms with Crippen molar-refractivity contribution in [3.63, 3.8) is 0 Å². The van der Waals surface area contributed by atoms with Gasteiger partial charge in [-0.15, -0.1) is 0 Å². The van der Waals surface area contributed by atoms with Gasteiger partial charge in [0.2, 0.25) is 0 Å². The molecule has 0 atom stereocenters. The van der Waals surface area contributed by atoms with Crippen LogP contribution >= 0.6 is 39.1 Å². The summed E-state index contributed by atoms with van der Waals surface area (Å²) in [7, 11) is 0. The number of rotatable bonds is 3. The number of halogens is 3. The van der Waals surface area contributed by atoms with Crippen LogP contribution < -0.4 is 5.32 Å². The number of hydrogen-bond donors (Lipinski definition) is 2. The van der Waals surface area contributed by atoms with E-state index in [9.17, 15) is 9.59 Å². The number of carboxylic acids is 1. The highest BCUT2D eigenvalue weighted by molar-refractivity contribution is 9.10. The third-order valence-electron chi connectivity index (χ3n) is 2.53. The summed E-state index contributed by atoms with van der Waals surface area (Å²) in [5, 5.41) is 11.7. The quantitative estimate of drug-likeness (QED) is 0.774. The molecule has 1 aromatic heterocycles. The monoisotopic (exact) mass is 388 g/mol. The van der Waals surface area contributed by atoms with Crippen LogP contribution in [0, 0.1) is 0 Å². The van der Waals surface area contributed by atoms with Crippen LogP contribution in [0.15, 0.2) is 34.9 Å². The minimum absolute atomic E-state index is 0.00889. The van der Waals surface area contributed by atoms with Gasteiger partial charge in [-0.1, -0.05) is 29.3 Å². The minimum Gasteiger partial charge on any atom is -0.478 e. The van der Waals surface area contributed by atoms with Crippen LogP contribution in [0.1, 0.15) is 20.7 Å². The summed E-state index contributed by atoms with van der Waals surface area (Å²) in [4.78, 5) is 27.2. The van der Waals surface area contributed by atoms with Crippen molar-refractivity contribution in [2.45, 2.75) is 0 Å². The first-order chi connectivity index (χ1) is 9.90. The number of aromatic nitrogens is 1. The van der Waals surface area contributed by atoms with E-state index in [0.717, 1.165) is 0 Å². The zero-order valence-corrected chi connectivity index (χ0v) is 13.3. The van der Waals surface area contributed by atoms with Crippen molar-refractivity contribution in [1.29, 1.82) is 0 Å². The highest BCUT2D eigenvalue weighted by Gasteiger charge is 2.18. The summed E-state index contributed by atoms with van der Waals surface area (Å²) in [5.74, 6) is -1.83. The number of carbonyl (C=O) groups is 2. The summed E-state index contributed by atoms with van der Waals surface area (Å²) >= 11 is 14.9. The van der Waals surface area contributed by atoms with Gasteiger partial charge >= 0.3 is 5.97 Å². The maximum absolute atomic E-state index is 12.2. The maximum atomic E-state index is 12.2. The van der Waals surface area contributed by atoms with Crippen LogP contribution in [0.4, 0.5) is 5.69 Å². The topological polar surface area (TPSA) is 79.3 Å². The van der Waals surface area contributed by atoms with Gasteiger partial charge in [0.05, 0.1) is 16.3 Å². The molecule has 2 aromatic rings. The Kier molecular flexibility index (Phi) is 4.82. The zero-order valence-electron chi connectivity index (χ0n) is 10.2. The summed E-state index contributed by atoms with van der Waals surface area (Å²) in [6, 6.07) is 5.88. The van der Waals surface area contributed by atoms with Crippen LogP contribution in [0.2, 0.25) is 10.2 Å². The molecular formula is C13H7BrCl2N2O3. The molecule has 1 heterocycles. The fourth-order valence-electron chi connectivity index (χ4n) is 1.62. The Morgan fingerprint density at radius 2 is 2.00 bits per heavy atom. The fourth-order valence-corrected chi connectivity index (χ4v) is 2.39. The number of carbonyl (C=O) groups excluding carboxylic acids is 1. The molecule has 0 unspecified atom stereocenters. The van der Waals surface area contributed by atoms with Crippen LogP contribution in [-0.2, 0) is 0 Å². The molecule has 2 N–H and O–H groups in total. The van der Waals surface area contributed by atoms with E-state index < -0.39 is 11.9 Å². The number of nitrogens with zero attached hydrogens (tertiary/aromatic N) is 1. The molecule has 0 radical (unpaired) electrons. The van der Waals surface area contributed by atoms with Gasteiger partial charge < -0.3 is 10.4 Å². The van der Waals surface area contributed by atoms with E-state index in [4.69, 9.17) is 28.3 Å². The third kappa shape index (κ3) is 3.53. The molecule has 0 saturated heterocycles. The largest absolute Gasteiger partial charge is 0.478 e. The van der Waals surface area contributed by atoms with Crippen LogP contribution in [0.5, 0.6) is 0 Å². The van der Waals surface area contributed by atoms with Crippen LogP contribution in [0.3, 0.4) is 0 Å². The Balaban J connectivity index is 2.39. The molecule has 108 valence electrons. The fraction of sp³-hybridized carbons (Fsp3) is 0. The van der Waals surface area contributed by atoms with Gasteiger partial charge in [0, 0.05) is 10.7 Å². The lowest BCUT2D eigenvalue weighted by molar-refractivity contribution is 0.0698. The molecule has 5 nitrogen and oxygen atoms in total. The van der Waals surface area contributed by atoms with E-state index >= 15 is 0 Å². The van der Waals surface area contributed by atoms with Gasteiger partial charge in [-0.3, -0.25) is 4.79 Å². The number of hydrogen-bond acceptors (Lipinski definition) is 3. The Bertz CT molecular complexity index is 737. The van der Waals surface area contributed by atoms with Gasteiger partial charge in [0.15, 0.2) is 0 Å². The smallest absolute Gasteiger partial charge is 0.339 e. The number of anilines is 1. The molecule has 1 amide bonds. The summed E-state index contributed by atoms with van der Waals surface area (Å²) in [6.45, 7) is 0. The van der Waals surface area contributed by atoms with Gasteiger partial charge in [0.1, 0.15) is 10.7 Å². The van der Waals surface area contributed by atoms with Crippen molar-refractivity contribution >= 4 is 56.7 Å². The maximum Gasteiger partial charge on any atom is 0.339 e. The molecule has 21 heavy (non-hydrogen) atoms. The molecule has 0 bridgehead atoms. The number of nitrogens with one attached hydrogen (secondary N) is 1. The predicted molar refractivity (Wildman–Crippen MR) is 83.3 cm³/mol. The van der Waals surface area contributed by atoms with Gasteiger partial charge in [-0.25, -0.2) is 9.78 Å². The number of benzene rings is 1. The molecule has 2 rings (SSSR count). The van der Waals surface area contributed by atoms with Gasteiger partial charge in [0.25, 0.3) is 5.91 Å². The van der Waals surface area contributed by atoms with E-state index in [1.54, 1.807) is 0 Å². The van der Waals surface area contributed by atoms with Crippen molar-refractivity contribution in [2.24, 2.45) is 0 Å². The minimum atomic E-state index is -1.24. The lowest BCUT2D eigenvalue weighted by atomic mass is 10.1. The van der Waals surface area contributed by atoms with E-state index in [-0.39, 0.29) is 27.0 Å². The average molecular weight is 390 g/mol. The number of carboxylic acid groups (broad SMARTS) is 1. The summed E-state index contributed by atoms with van der Waals surface area (Å²) in [5.41, 5.74) is 0.00462. The second-order valence-electron chi connectivity index (χ2n) is 3.91. The highest BCUT2D eigenvalue weighted by atomic mass is 79.9. The zero-order chi connectivity index (χ0) is 15.6. The third-order valence-corrected chi connectivity index (χ3v) is 3.58. The summed E-state index contributed by atoms with van der Waals surface area (Å²) < 4.78 is 0.571. The molecular weight excluding hydrogens is 383 g/mol. The first-order valence-corrected chi connectivity index (χ1v) is 7.09. The number of aromatic carboxylic acids is 1. The predicted octanol–water partition coefficient (Wildman–Crippen LogP) is 4.10. The lowest BCUT2D eigenvalue weighted by Crippen LogP contribution is -2.16. The Morgan fingerprint density at radius 1 is 1.29 bits per heavy atom. The molecule has 1 aromatic carbocycles. The van der Waals surface area contributed by atoms with Crippen molar-refractivity contribution in [3.05, 3.63) is 56.2 Å². The van der Waals surface area contributed by atoms with Crippen molar-refractivity contribution in [1.82, 2.24) is 4.98 Å². The Morgan fingerprint density at radius 3 is 2.67 bits per heavy atom. The molecule has 0 aliphatic carbocycles. The molecule has 0 fully saturated rings. The van der Waals surface area contributed by atoms with Crippen LogP contribution in [0.25, 0.3) is 0 Å². The molecule has 0 spiro atoms. The Labute approximate surface area is 138 Å².